The van der Waals surface area contributed by atoms with Gasteiger partial charge in [0.15, 0.2) is 0 Å². The highest BCUT2D eigenvalue weighted by Gasteiger charge is 2.42. The highest BCUT2D eigenvalue weighted by molar-refractivity contribution is 8.34. The lowest BCUT2D eigenvalue weighted by atomic mass is 10.1. The molecule has 0 spiro atoms. The Morgan fingerprint density at radius 1 is 0.465 bits per heavy atom. The van der Waals surface area contributed by atoms with Crippen molar-refractivity contribution in [2.24, 2.45) is 0 Å². The Morgan fingerprint density at radius 3 is 1.51 bits per heavy atom. The Labute approximate surface area is 252 Å². The van der Waals surface area contributed by atoms with Gasteiger partial charge in [-0.2, -0.15) is 4.98 Å². The molecule has 0 aliphatic carbocycles. The lowest BCUT2D eigenvalue weighted by molar-refractivity contribution is 0.432. The molecule has 206 valence electrons. The minimum absolute atomic E-state index is 0.514. The Morgan fingerprint density at radius 2 is 0.953 bits per heavy atom. The van der Waals surface area contributed by atoms with Gasteiger partial charge in [-0.25, -0.2) is 0 Å². The number of anilines is 3. The predicted octanol–water partition coefficient (Wildman–Crippen LogP) is 10.5. The van der Waals surface area contributed by atoms with E-state index in [-0.39, 0.29) is 0 Å². The monoisotopic (exact) mass is 573 g/mol. The van der Waals surface area contributed by atoms with Gasteiger partial charge < -0.3 is 9.42 Å². The van der Waals surface area contributed by atoms with Crippen molar-refractivity contribution in [3.8, 4) is 22.8 Å². The summed E-state index contributed by atoms with van der Waals surface area (Å²) in [6.07, 6.45) is 0. The molecular formula is C38H27N3OS. The Hall–Kier alpha value is -5.39. The molecule has 0 atom stereocenters. The highest BCUT2D eigenvalue weighted by atomic mass is 32.3. The molecule has 0 saturated heterocycles. The first-order valence-corrected chi connectivity index (χ1v) is 15.9. The third-order valence-corrected chi connectivity index (χ3v) is 11.9. The minimum Gasteiger partial charge on any atom is -0.334 e. The quantitative estimate of drug-likeness (QED) is 0.205. The molecule has 5 heteroatoms. The van der Waals surface area contributed by atoms with Gasteiger partial charge >= 0.3 is 0 Å². The van der Waals surface area contributed by atoms with E-state index in [4.69, 9.17) is 4.52 Å². The highest BCUT2D eigenvalue weighted by Crippen LogP contribution is 2.79. The van der Waals surface area contributed by atoms with Crippen LogP contribution < -0.4 is 4.90 Å². The molecule has 0 unspecified atom stereocenters. The summed E-state index contributed by atoms with van der Waals surface area (Å²) in [4.78, 5) is 12.3. The van der Waals surface area contributed by atoms with E-state index in [1.807, 2.05) is 30.3 Å². The van der Waals surface area contributed by atoms with Gasteiger partial charge in [-0.05, 0) is 84.9 Å². The van der Waals surface area contributed by atoms with E-state index in [0.29, 0.717) is 11.7 Å². The van der Waals surface area contributed by atoms with Crippen LogP contribution in [0.5, 0.6) is 0 Å². The summed E-state index contributed by atoms with van der Waals surface area (Å²) in [6, 6.07) is 58.0. The maximum absolute atomic E-state index is 5.58. The number of hydrogen-bond acceptors (Lipinski definition) is 4. The van der Waals surface area contributed by atoms with E-state index in [9.17, 15) is 0 Å². The Balaban J connectivity index is 1.29. The molecule has 0 radical (unpaired) electrons. The molecule has 0 fully saturated rings. The van der Waals surface area contributed by atoms with Crippen molar-refractivity contribution >= 4 is 27.1 Å². The number of para-hydroxylation sites is 2. The van der Waals surface area contributed by atoms with E-state index >= 15 is 0 Å². The Bertz CT molecular complexity index is 1930. The van der Waals surface area contributed by atoms with Crippen LogP contribution in [-0.4, -0.2) is 10.1 Å². The van der Waals surface area contributed by atoms with Crippen molar-refractivity contribution in [3.63, 3.8) is 0 Å². The normalized spacial score (nSPS) is 14.0. The first kappa shape index (κ1) is 25.3. The molecule has 0 bridgehead atoms. The van der Waals surface area contributed by atoms with E-state index in [0.717, 1.165) is 16.8 Å². The van der Waals surface area contributed by atoms with Crippen LogP contribution in [0.1, 0.15) is 0 Å². The van der Waals surface area contributed by atoms with Crippen LogP contribution in [0.4, 0.5) is 17.1 Å². The van der Waals surface area contributed by atoms with E-state index in [1.165, 1.54) is 31.0 Å². The lowest BCUT2D eigenvalue weighted by Crippen LogP contribution is -2.21. The summed E-state index contributed by atoms with van der Waals surface area (Å²) < 4.78 is 5.58. The van der Waals surface area contributed by atoms with Gasteiger partial charge in [0.05, 0.1) is 11.4 Å². The molecule has 43 heavy (non-hydrogen) atoms. The van der Waals surface area contributed by atoms with E-state index in [1.54, 1.807) is 0 Å². The van der Waals surface area contributed by atoms with Crippen molar-refractivity contribution < 1.29 is 4.52 Å². The van der Waals surface area contributed by atoms with Crippen molar-refractivity contribution in [1.82, 2.24) is 10.1 Å². The largest absolute Gasteiger partial charge is 0.334 e. The van der Waals surface area contributed by atoms with Gasteiger partial charge in [0.25, 0.3) is 5.89 Å². The number of hydrogen-bond donors (Lipinski definition) is 0. The third-order valence-electron chi connectivity index (χ3n) is 7.90. The number of nitrogens with zero attached hydrogens (tertiary/aromatic N) is 3. The van der Waals surface area contributed by atoms with Gasteiger partial charge in [0.2, 0.25) is 5.82 Å². The van der Waals surface area contributed by atoms with Crippen LogP contribution in [0.15, 0.2) is 188 Å². The van der Waals surface area contributed by atoms with Crippen LogP contribution in [0.2, 0.25) is 0 Å². The second-order valence-corrected chi connectivity index (χ2v) is 13.4. The van der Waals surface area contributed by atoms with Crippen LogP contribution >= 0.6 is 10.0 Å². The van der Waals surface area contributed by atoms with Crippen molar-refractivity contribution in [1.29, 1.82) is 0 Å². The van der Waals surface area contributed by atoms with Crippen molar-refractivity contribution in [3.05, 3.63) is 164 Å². The van der Waals surface area contributed by atoms with Gasteiger partial charge in [-0.1, -0.05) is 84.0 Å². The van der Waals surface area contributed by atoms with E-state index < -0.39 is 10.0 Å². The molecule has 7 aromatic rings. The number of rotatable bonds is 5. The fraction of sp³-hybridized carbons (Fsp3) is 0. The fourth-order valence-corrected chi connectivity index (χ4v) is 10.2. The number of fused-ring (bicyclic) bond motifs is 2. The van der Waals surface area contributed by atoms with E-state index in [2.05, 4.69) is 149 Å². The van der Waals surface area contributed by atoms with Crippen LogP contribution in [0.25, 0.3) is 22.8 Å². The molecule has 2 heterocycles. The summed E-state index contributed by atoms with van der Waals surface area (Å²) in [5, 5.41) is 4.27. The fourth-order valence-electron chi connectivity index (χ4n) is 6.02. The van der Waals surface area contributed by atoms with Crippen LogP contribution in [-0.2, 0) is 0 Å². The summed E-state index contributed by atoms with van der Waals surface area (Å²) in [6.45, 7) is 0. The maximum atomic E-state index is 5.58. The molecule has 0 N–H and O–H groups in total. The standard InChI is InChI=1S/C38H27N3OS/c1-4-14-29(15-5-1)38-39-37(40-42-38)28-24-26-30(27-25-28)41-33-20-10-12-22-35(33)43(31-16-6-2-7-17-31,32-18-8-3-9-19-32)36-23-13-11-21-34(36)41/h1-27H. The molecule has 1 aromatic heterocycles. The zero-order valence-corrected chi connectivity index (χ0v) is 24.1. The van der Waals surface area contributed by atoms with Crippen molar-refractivity contribution in [2.75, 3.05) is 4.90 Å². The second-order valence-electron chi connectivity index (χ2n) is 10.3. The molecule has 4 nitrogen and oxygen atoms in total. The average molecular weight is 574 g/mol. The summed E-state index contributed by atoms with van der Waals surface area (Å²) in [5.74, 6) is 1.08. The zero-order chi connectivity index (χ0) is 28.6. The zero-order valence-electron chi connectivity index (χ0n) is 23.2. The first-order valence-electron chi connectivity index (χ1n) is 14.3. The minimum atomic E-state index is -1.76. The molecule has 1 aliphatic heterocycles. The molecule has 8 rings (SSSR count). The van der Waals surface area contributed by atoms with Gasteiger partial charge in [0.1, 0.15) is 0 Å². The number of benzene rings is 6. The summed E-state index contributed by atoms with van der Waals surface area (Å²) in [5.41, 5.74) is 5.25. The molecule has 0 amide bonds. The molecule has 0 saturated carbocycles. The van der Waals surface area contributed by atoms with Crippen molar-refractivity contribution in [2.45, 2.75) is 19.6 Å². The SMILES string of the molecule is c1ccc(-c2nc(-c3ccc(N4c5ccccc5S(c5ccccc5)(c5ccccc5)c5ccccc54)cc3)no2)cc1. The number of aromatic nitrogens is 2. The van der Waals surface area contributed by atoms with Gasteiger partial charge in [-0.15, -0.1) is 10.0 Å². The van der Waals surface area contributed by atoms with Gasteiger partial charge in [-0.3, -0.25) is 0 Å². The second kappa shape index (κ2) is 10.5. The van der Waals surface area contributed by atoms with Crippen LogP contribution in [0.3, 0.4) is 0 Å². The molecule has 6 aromatic carbocycles. The maximum Gasteiger partial charge on any atom is 0.258 e. The summed E-state index contributed by atoms with van der Waals surface area (Å²) >= 11 is 0. The third kappa shape index (κ3) is 4.09. The van der Waals surface area contributed by atoms with Crippen LogP contribution in [0, 0.1) is 0 Å². The molecular weight excluding hydrogens is 547 g/mol. The average Bonchev–Trinajstić information content (AvgIpc) is 3.59. The summed E-state index contributed by atoms with van der Waals surface area (Å²) in [7, 11) is -1.76. The topological polar surface area (TPSA) is 42.2 Å². The first-order chi connectivity index (χ1) is 21.3. The Kier molecular flexibility index (Phi) is 6.16. The predicted molar refractivity (Wildman–Crippen MR) is 173 cm³/mol. The molecule has 1 aliphatic rings. The lowest BCUT2D eigenvalue weighted by Gasteiger charge is -2.49. The smallest absolute Gasteiger partial charge is 0.258 e. The van der Waals surface area contributed by atoms with Gasteiger partial charge in [0, 0.05) is 36.4 Å².